The van der Waals surface area contributed by atoms with Crippen LogP contribution >= 0.6 is 0 Å². The lowest BCUT2D eigenvalue weighted by atomic mass is 10.1. The third-order valence-corrected chi connectivity index (χ3v) is 2.49. The van der Waals surface area contributed by atoms with Crippen molar-refractivity contribution in [2.75, 3.05) is 18.8 Å². The molecule has 0 saturated heterocycles. The van der Waals surface area contributed by atoms with Gasteiger partial charge in [-0.1, -0.05) is 6.92 Å². The summed E-state index contributed by atoms with van der Waals surface area (Å²) in [5, 5.41) is 8.51. The summed E-state index contributed by atoms with van der Waals surface area (Å²) >= 11 is 0. The Morgan fingerprint density at radius 3 is 2.88 bits per heavy atom. The van der Waals surface area contributed by atoms with E-state index in [1.54, 1.807) is 6.07 Å². The molecule has 0 spiro atoms. The predicted molar refractivity (Wildman–Crippen MR) is 62.0 cm³/mol. The van der Waals surface area contributed by atoms with Crippen molar-refractivity contribution in [3.05, 3.63) is 29.6 Å². The van der Waals surface area contributed by atoms with Gasteiger partial charge in [0.2, 0.25) is 0 Å². The van der Waals surface area contributed by atoms with Gasteiger partial charge < -0.3 is 5.73 Å². The van der Waals surface area contributed by atoms with Gasteiger partial charge in [-0.3, -0.25) is 4.90 Å². The first kappa shape index (κ1) is 12.5. The number of hydrogen-bond acceptors (Lipinski definition) is 3. The van der Waals surface area contributed by atoms with E-state index in [9.17, 15) is 4.39 Å². The fourth-order valence-electron chi connectivity index (χ4n) is 1.51. The first-order chi connectivity index (χ1) is 7.67. The maximum Gasteiger partial charge on any atom is 0.123 e. The van der Waals surface area contributed by atoms with E-state index in [1.807, 2.05) is 6.92 Å². The molecule has 0 aliphatic rings. The summed E-state index contributed by atoms with van der Waals surface area (Å²) in [4.78, 5) is 2.06. The standard InChI is InChI=1S/C12H16FN3/c1-2-16(7-3-6-14)9-10-8-11(13)4-5-12(10)15/h4-5,8H,2-3,7,9,15H2,1H3. The number of nitrogen functional groups attached to an aromatic ring is 1. The molecule has 1 aromatic carbocycles. The summed E-state index contributed by atoms with van der Waals surface area (Å²) < 4.78 is 13.0. The maximum absolute atomic E-state index is 13.0. The van der Waals surface area contributed by atoms with Gasteiger partial charge in [-0.25, -0.2) is 4.39 Å². The zero-order valence-corrected chi connectivity index (χ0v) is 9.41. The summed E-state index contributed by atoms with van der Waals surface area (Å²) in [5.74, 6) is -0.277. The molecule has 1 rings (SSSR count). The highest BCUT2D eigenvalue weighted by molar-refractivity contribution is 5.46. The van der Waals surface area contributed by atoms with Crippen molar-refractivity contribution in [2.45, 2.75) is 19.9 Å². The zero-order valence-electron chi connectivity index (χ0n) is 9.41. The van der Waals surface area contributed by atoms with Gasteiger partial charge in [0, 0.05) is 25.2 Å². The first-order valence-electron chi connectivity index (χ1n) is 5.30. The maximum atomic E-state index is 13.0. The molecule has 3 nitrogen and oxygen atoms in total. The van der Waals surface area contributed by atoms with Crippen molar-refractivity contribution in [2.24, 2.45) is 0 Å². The van der Waals surface area contributed by atoms with Gasteiger partial charge in [0.1, 0.15) is 5.82 Å². The van der Waals surface area contributed by atoms with Crippen molar-refractivity contribution in [1.82, 2.24) is 4.90 Å². The van der Waals surface area contributed by atoms with Crippen molar-refractivity contribution in [3.63, 3.8) is 0 Å². The molecule has 0 aromatic heterocycles. The number of rotatable bonds is 5. The third-order valence-electron chi connectivity index (χ3n) is 2.49. The van der Waals surface area contributed by atoms with Gasteiger partial charge in [-0.05, 0) is 30.3 Å². The van der Waals surface area contributed by atoms with E-state index in [-0.39, 0.29) is 5.82 Å². The summed E-state index contributed by atoms with van der Waals surface area (Å²) in [6.45, 7) is 4.09. The molecular formula is C12H16FN3. The fraction of sp³-hybridized carbons (Fsp3) is 0.417. The van der Waals surface area contributed by atoms with Crippen LogP contribution in [0.4, 0.5) is 10.1 Å². The van der Waals surface area contributed by atoms with Crippen LogP contribution in [0.3, 0.4) is 0 Å². The topological polar surface area (TPSA) is 53.0 Å². The zero-order chi connectivity index (χ0) is 12.0. The minimum atomic E-state index is -0.277. The predicted octanol–water partition coefficient (Wildman–Crippen LogP) is 2.14. The number of hydrogen-bond donors (Lipinski definition) is 1. The molecule has 0 amide bonds. The molecule has 0 radical (unpaired) electrons. The Bertz CT molecular complexity index is 384. The highest BCUT2D eigenvalue weighted by Crippen LogP contribution is 2.15. The minimum absolute atomic E-state index is 0.277. The van der Waals surface area contributed by atoms with Crippen molar-refractivity contribution >= 4 is 5.69 Å². The largest absolute Gasteiger partial charge is 0.398 e. The smallest absolute Gasteiger partial charge is 0.123 e. The van der Waals surface area contributed by atoms with Gasteiger partial charge in [-0.15, -0.1) is 0 Å². The van der Waals surface area contributed by atoms with E-state index < -0.39 is 0 Å². The number of anilines is 1. The van der Waals surface area contributed by atoms with Gasteiger partial charge in [-0.2, -0.15) is 5.26 Å². The molecule has 2 N–H and O–H groups in total. The SMILES string of the molecule is CCN(CCC#N)Cc1cc(F)ccc1N. The van der Waals surface area contributed by atoms with Crippen LogP contribution in [-0.2, 0) is 6.54 Å². The molecule has 0 atom stereocenters. The van der Waals surface area contributed by atoms with E-state index in [1.165, 1.54) is 12.1 Å². The Hall–Kier alpha value is -1.60. The van der Waals surface area contributed by atoms with Crippen molar-refractivity contribution in [1.29, 1.82) is 5.26 Å². The highest BCUT2D eigenvalue weighted by atomic mass is 19.1. The number of benzene rings is 1. The Morgan fingerprint density at radius 2 is 2.25 bits per heavy atom. The number of halogens is 1. The van der Waals surface area contributed by atoms with Gasteiger partial charge in [0.05, 0.1) is 6.07 Å². The number of nitrogens with zero attached hydrogens (tertiary/aromatic N) is 2. The molecule has 4 heteroatoms. The fourth-order valence-corrected chi connectivity index (χ4v) is 1.51. The normalized spacial score (nSPS) is 10.4. The third kappa shape index (κ3) is 3.52. The molecule has 0 unspecified atom stereocenters. The van der Waals surface area contributed by atoms with Crippen LogP contribution in [0.25, 0.3) is 0 Å². The molecule has 1 aromatic rings. The van der Waals surface area contributed by atoms with Gasteiger partial charge in [0.15, 0.2) is 0 Å². The van der Waals surface area contributed by atoms with Crippen LogP contribution in [0.2, 0.25) is 0 Å². The monoisotopic (exact) mass is 221 g/mol. The Labute approximate surface area is 95.3 Å². The van der Waals surface area contributed by atoms with E-state index >= 15 is 0 Å². The van der Waals surface area contributed by atoms with Crippen LogP contribution in [0.15, 0.2) is 18.2 Å². The second kappa shape index (κ2) is 6.09. The van der Waals surface area contributed by atoms with E-state index in [0.717, 1.165) is 12.1 Å². The average molecular weight is 221 g/mol. The number of nitrogens with two attached hydrogens (primary N) is 1. The average Bonchev–Trinajstić information content (AvgIpc) is 2.28. The Morgan fingerprint density at radius 1 is 1.50 bits per heavy atom. The minimum Gasteiger partial charge on any atom is -0.398 e. The summed E-state index contributed by atoms with van der Waals surface area (Å²) in [5.41, 5.74) is 7.13. The molecule has 0 aliphatic heterocycles. The molecule has 0 aliphatic carbocycles. The van der Waals surface area contributed by atoms with Crippen LogP contribution in [-0.4, -0.2) is 18.0 Å². The molecule has 86 valence electrons. The Balaban J connectivity index is 2.70. The summed E-state index contributed by atoms with van der Waals surface area (Å²) in [6.07, 6.45) is 0.475. The van der Waals surface area contributed by atoms with Crippen LogP contribution in [0.5, 0.6) is 0 Å². The molecule has 0 saturated carbocycles. The van der Waals surface area contributed by atoms with Crippen LogP contribution < -0.4 is 5.73 Å². The van der Waals surface area contributed by atoms with E-state index in [4.69, 9.17) is 11.0 Å². The first-order valence-corrected chi connectivity index (χ1v) is 5.30. The quantitative estimate of drug-likeness (QED) is 0.775. The second-order valence-electron chi connectivity index (χ2n) is 3.62. The van der Waals surface area contributed by atoms with Gasteiger partial charge >= 0.3 is 0 Å². The van der Waals surface area contributed by atoms with Crippen LogP contribution in [0, 0.1) is 17.1 Å². The molecule has 0 bridgehead atoms. The second-order valence-corrected chi connectivity index (χ2v) is 3.62. The van der Waals surface area contributed by atoms with Crippen molar-refractivity contribution in [3.8, 4) is 6.07 Å². The lowest BCUT2D eigenvalue weighted by Gasteiger charge is -2.19. The van der Waals surface area contributed by atoms with Gasteiger partial charge in [0.25, 0.3) is 0 Å². The molecular weight excluding hydrogens is 205 g/mol. The Kier molecular flexibility index (Phi) is 4.74. The molecule has 16 heavy (non-hydrogen) atoms. The lowest BCUT2D eigenvalue weighted by Crippen LogP contribution is -2.24. The molecule has 0 heterocycles. The lowest BCUT2D eigenvalue weighted by molar-refractivity contribution is 0.287. The highest BCUT2D eigenvalue weighted by Gasteiger charge is 2.07. The van der Waals surface area contributed by atoms with Crippen LogP contribution in [0.1, 0.15) is 18.9 Å². The van der Waals surface area contributed by atoms with E-state index in [2.05, 4.69) is 11.0 Å². The summed E-state index contributed by atoms with van der Waals surface area (Å²) in [6, 6.07) is 6.47. The molecule has 0 fully saturated rings. The van der Waals surface area contributed by atoms with Crippen molar-refractivity contribution < 1.29 is 4.39 Å². The number of nitriles is 1. The van der Waals surface area contributed by atoms with E-state index in [0.29, 0.717) is 25.2 Å². The summed E-state index contributed by atoms with van der Waals surface area (Å²) in [7, 11) is 0.